The molecule has 0 aliphatic carbocycles. The van der Waals surface area contributed by atoms with Gasteiger partial charge in [-0.2, -0.15) is 0 Å². The Bertz CT molecular complexity index is 337. The summed E-state index contributed by atoms with van der Waals surface area (Å²) in [7, 11) is 0. The highest BCUT2D eigenvalue weighted by atomic mass is 16.5. The molecule has 2 N–H and O–H groups in total. The van der Waals surface area contributed by atoms with Crippen LogP contribution in [0.15, 0.2) is 17.0 Å². The number of rotatable bonds is 3. The topological polar surface area (TPSA) is 67.2 Å². The standard InChI is InChI=1S/C11H17N3O2/c1-2-8-3-4-12-10(5-8)11(15)14-9-6-13-16-7-9/h6-8,10,12H,2-5H2,1H3,(H,14,15). The quantitative estimate of drug-likeness (QED) is 0.812. The van der Waals surface area contributed by atoms with Gasteiger partial charge in [0.15, 0.2) is 0 Å². The maximum absolute atomic E-state index is 11.9. The minimum Gasteiger partial charge on any atom is -0.363 e. The van der Waals surface area contributed by atoms with Crippen LogP contribution in [0.3, 0.4) is 0 Å². The summed E-state index contributed by atoms with van der Waals surface area (Å²) in [6.45, 7) is 3.09. The molecule has 1 amide bonds. The van der Waals surface area contributed by atoms with Crippen molar-refractivity contribution in [3.05, 3.63) is 12.5 Å². The molecule has 0 aromatic carbocycles. The lowest BCUT2D eigenvalue weighted by Gasteiger charge is -2.28. The Morgan fingerprint density at radius 1 is 1.75 bits per heavy atom. The molecule has 0 spiro atoms. The van der Waals surface area contributed by atoms with Crippen LogP contribution in [0.25, 0.3) is 0 Å². The van der Waals surface area contributed by atoms with Gasteiger partial charge in [-0.3, -0.25) is 4.79 Å². The second kappa shape index (κ2) is 5.12. The van der Waals surface area contributed by atoms with Crippen LogP contribution in [0.2, 0.25) is 0 Å². The zero-order valence-electron chi connectivity index (χ0n) is 9.40. The lowest BCUT2D eigenvalue weighted by molar-refractivity contribution is -0.119. The first-order valence-electron chi connectivity index (χ1n) is 5.73. The molecule has 1 fully saturated rings. The van der Waals surface area contributed by atoms with Crippen molar-refractivity contribution in [1.82, 2.24) is 10.5 Å². The van der Waals surface area contributed by atoms with E-state index in [4.69, 9.17) is 0 Å². The van der Waals surface area contributed by atoms with Crippen LogP contribution in [-0.4, -0.2) is 23.7 Å². The first kappa shape index (κ1) is 11.1. The molecule has 2 atom stereocenters. The second-order valence-corrected chi connectivity index (χ2v) is 4.21. The zero-order valence-corrected chi connectivity index (χ0v) is 9.40. The van der Waals surface area contributed by atoms with E-state index in [1.165, 1.54) is 12.5 Å². The number of nitrogens with zero attached hydrogens (tertiary/aromatic N) is 1. The molecule has 1 aromatic rings. The Morgan fingerprint density at radius 3 is 3.31 bits per heavy atom. The third-order valence-corrected chi connectivity index (χ3v) is 3.11. The van der Waals surface area contributed by atoms with Crippen molar-refractivity contribution in [2.75, 3.05) is 11.9 Å². The summed E-state index contributed by atoms with van der Waals surface area (Å²) >= 11 is 0. The summed E-state index contributed by atoms with van der Waals surface area (Å²) in [6.07, 6.45) is 6.13. The van der Waals surface area contributed by atoms with Crippen LogP contribution in [0, 0.1) is 5.92 Å². The Labute approximate surface area is 94.6 Å². The summed E-state index contributed by atoms with van der Waals surface area (Å²) < 4.78 is 4.66. The molecule has 1 saturated heterocycles. The van der Waals surface area contributed by atoms with E-state index in [-0.39, 0.29) is 11.9 Å². The van der Waals surface area contributed by atoms with Crippen LogP contribution in [0.1, 0.15) is 26.2 Å². The predicted octanol–water partition coefficient (Wildman–Crippen LogP) is 1.39. The van der Waals surface area contributed by atoms with Crippen LogP contribution in [0.5, 0.6) is 0 Å². The van der Waals surface area contributed by atoms with Crippen molar-refractivity contribution in [2.45, 2.75) is 32.2 Å². The summed E-state index contributed by atoms with van der Waals surface area (Å²) in [5.41, 5.74) is 0.616. The fourth-order valence-electron chi connectivity index (χ4n) is 2.06. The second-order valence-electron chi connectivity index (χ2n) is 4.21. The number of amides is 1. The largest absolute Gasteiger partial charge is 0.363 e. The number of anilines is 1. The van der Waals surface area contributed by atoms with Gasteiger partial charge in [0.05, 0.1) is 12.2 Å². The van der Waals surface area contributed by atoms with Crippen molar-refractivity contribution >= 4 is 11.6 Å². The van der Waals surface area contributed by atoms with Gasteiger partial charge in [-0.25, -0.2) is 0 Å². The average Bonchev–Trinajstić information content (AvgIpc) is 2.82. The van der Waals surface area contributed by atoms with Crippen molar-refractivity contribution in [3.63, 3.8) is 0 Å². The van der Waals surface area contributed by atoms with Gasteiger partial charge in [-0.1, -0.05) is 18.5 Å². The fraction of sp³-hybridized carbons (Fsp3) is 0.636. The van der Waals surface area contributed by atoms with E-state index in [9.17, 15) is 4.79 Å². The van der Waals surface area contributed by atoms with E-state index in [2.05, 4.69) is 27.2 Å². The molecule has 0 bridgehead atoms. The first-order valence-corrected chi connectivity index (χ1v) is 5.73. The van der Waals surface area contributed by atoms with Gasteiger partial charge in [-0.05, 0) is 25.3 Å². The van der Waals surface area contributed by atoms with E-state index in [0.29, 0.717) is 11.6 Å². The molecule has 16 heavy (non-hydrogen) atoms. The predicted molar refractivity (Wildman–Crippen MR) is 59.9 cm³/mol. The number of carbonyl (C=O) groups is 1. The fourth-order valence-corrected chi connectivity index (χ4v) is 2.06. The summed E-state index contributed by atoms with van der Waals surface area (Å²) in [4.78, 5) is 11.9. The number of piperidine rings is 1. The SMILES string of the molecule is CCC1CCNC(C(=O)Nc2cnoc2)C1. The van der Waals surface area contributed by atoms with Gasteiger partial charge < -0.3 is 15.2 Å². The van der Waals surface area contributed by atoms with Crippen LogP contribution >= 0.6 is 0 Å². The van der Waals surface area contributed by atoms with E-state index in [1.54, 1.807) is 0 Å². The van der Waals surface area contributed by atoms with Gasteiger partial charge in [0, 0.05) is 0 Å². The number of aromatic nitrogens is 1. The molecule has 5 nitrogen and oxygen atoms in total. The van der Waals surface area contributed by atoms with Gasteiger partial charge in [0.25, 0.3) is 0 Å². The molecule has 2 heterocycles. The lowest BCUT2D eigenvalue weighted by Crippen LogP contribution is -2.46. The molecule has 2 rings (SSSR count). The highest BCUT2D eigenvalue weighted by Gasteiger charge is 2.25. The van der Waals surface area contributed by atoms with Gasteiger partial charge in [-0.15, -0.1) is 0 Å². The number of carbonyl (C=O) groups excluding carboxylic acids is 1. The molecule has 5 heteroatoms. The van der Waals surface area contributed by atoms with Crippen LogP contribution in [0.4, 0.5) is 5.69 Å². The molecule has 1 aliphatic rings. The zero-order chi connectivity index (χ0) is 11.4. The Kier molecular flexibility index (Phi) is 3.56. The lowest BCUT2D eigenvalue weighted by atomic mass is 9.90. The highest BCUT2D eigenvalue weighted by Crippen LogP contribution is 2.20. The van der Waals surface area contributed by atoms with E-state index >= 15 is 0 Å². The summed E-state index contributed by atoms with van der Waals surface area (Å²) in [5, 5.41) is 9.55. The third-order valence-electron chi connectivity index (χ3n) is 3.11. The molecule has 1 aliphatic heterocycles. The molecule has 0 radical (unpaired) electrons. The normalized spacial score (nSPS) is 25.3. The molecule has 1 aromatic heterocycles. The molecular weight excluding hydrogens is 206 g/mol. The van der Waals surface area contributed by atoms with E-state index in [1.807, 2.05) is 0 Å². The van der Waals surface area contributed by atoms with Gasteiger partial charge >= 0.3 is 0 Å². The van der Waals surface area contributed by atoms with Crippen molar-refractivity contribution in [2.24, 2.45) is 5.92 Å². The summed E-state index contributed by atoms with van der Waals surface area (Å²) in [6, 6.07) is -0.0893. The van der Waals surface area contributed by atoms with E-state index < -0.39 is 0 Å². The van der Waals surface area contributed by atoms with Crippen molar-refractivity contribution in [3.8, 4) is 0 Å². The minimum absolute atomic E-state index is 0.00125. The number of hydrogen-bond donors (Lipinski definition) is 2. The molecular formula is C11H17N3O2. The molecule has 2 unspecified atom stereocenters. The van der Waals surface area contributed by atoms with Crippen LogP contribution < -0.4 is 10.6 Å². The number of nitrogens with one attached hydrogen (secondary N) is 2. The Morgan fingerprint density at radius 2 is 2.62 bits per heavy atom. The van der Waals surface area contributed by atoms with Gasteiger partial charge in [0.1, 0.15) is 12.0 Å². The maximum Gasteiger partial charge on any atom is 0.241 e. The Balaban J connectivity index is 1.89. The van der Waals surface area contributed by atoms with E-state index in [0.717, 1.165) is 25.8 Å². The van der Waals surface area contributed by atoms with Crippen molar-refractivity contribution in [1.29, 1.82) is 0 Å². The smallest absolute Gasteiger partial charge is 0.241 e. The third kappa shape index (κ3) is 2.61. The average molecular weight is 223 g/mol. The first-order chi connectivity index (χ1) is 7.79. The monoisotopic (exact) mass is 223 g/mol. The highest BCUT2D eigenvalue weighted by molar-refractivity contribution is 5.94. The Hall–Kier alpha value is -1.36. The minimum atomic E-state index is -0.0893. The molecule has 88 valence electrons. The van der Waals surface area contributed by atoms with Crippen LogP contribution in [-0.2, 0) is 4.79 Å². The van der Waals surface area contributed by atoms with Crippen molar-refractivity contribution < 1.29 is 9.32 Å². The van der Waals surface area contributed by atoms with Gasteiger partial charge in [0.2, 0.25) is 5.91 Å². The molecule has 0 saturated carbocycles. The number of hydrogen-bond acceptors (Lipinski definition) is 4. The maximum atomic E-state index is 11.9. The summed E-state index contributed by atoms with van der Waals surface area (Å²) in [5.74, 6) is 0.654.